The van der Waals surface area contributed by atoms with E-state index >= 15 is 0 Å². The van der Waals surface area contributed by atoms with Gasteiger partial charge in [0.25, 0.3) is 5.56 Å². The summed E-state index contributed by atoms with van der Waals surface area (Å²) in [4.78, 5) is 14.8. The molecule has 24 heavy (non-hydrogen) atoms. The van der Waals surface area contributed by atoms with E-state index in [1.54, 1.807) is 11.6 Å². The molecule has 0 radical (unpaired) electrons. The molecule has 1 aliphatic rings. The number of aromatic nitrogens is 1. The van der Waals surface area contributed by atoms with E-state index in [0.29, 0.717) is 26.2 Å². The molecule has 0 unspecified atom stereocenters. The van der Waals surface area contributed by atoms with Gasteiger partial charge < -0.3 is 4.57 Å². The normalized spacial score (nSPS) is 17.9. The van der Waals surface area contributed by atoms with Gasteiger partial charge in [-0.25, -0.2) is 12.7 Å². The third kappa shape index (κ3) is 3.53. The van der Waals surface area contributed by atoms with Gasteiger partial charge in [0.1, 0.15) is 0 Å². The molecule has 1 fully saturated rings. The molecule has 0 spiro atoms. The third-order valence-electron chi connectivity index (χ3n) is 4.62. The Morgan fingerprint density at radius 2 is 1.83 bits per heavy atom. The lowest BCUT2D eigenvalue weighted by molar-refractivity contribution is 0.277. The smallest absolute Gasteiger partial charge is 0.255 e. The Labute approximate surface area is 142 Å². The topological polar surface area (TPSA) is 62.6 Å². The van der Waals surface area contributed by atoms with Crippen LogP contribution in [-0.2, 0) is 23.6 Å². The summed E-state index contributed by atoms with van der Waals surface area (Å²) in [5.41, 5.74) is 1.69. The molecule has 0 bridgehead atoms. The van der Waals surface area contributed by atoms with Crippen LogP contribution in [0.25, 0.3) is 10.9 Å². The van der Waals surface area contributed by atoms with E-state index in [0.717, 1.165) is 29.4 Å². The fourth-order valence-corrected chi connectivity index (χ4v) is 4.15. The number of rotatable bonds is 3. The number of sulfonamides is 1. The van der Waals surface area contributed by atoms with E-state index < -0.39 is 10.0 Å². The van der Waals surface area contributed by atoms with Gasteiger partial charge >= 0.3 is 0 Å². The highest BCUT2D eigenvalue weighted by Crippen LogP contribution is 2.15. The second kappa shape index (κ2) is 6.66. The summed E-state index contributed by atoms with van der Waals surface area (Å²) in [6.45, 7) is 3.01. The Kier molecular flexibility index (Phi) is 4.76. The molecule has 0 saturated carbocycles. The minimum Gasteiger partial charge on any atom is -0.311 e. The van der Waals surface area contributed by atoms with E-state index in [4.69, 9.17) is 0 Å². The summed E-state index contributed by atoms with van der Waals surface area (Å²) in [5.74, 6) is 0. The van der Waals surface area contributed by atoms with Crippen molar-refractivity contribution in [1.29, 1.82) is 0 Å². The van der Waals surface area contributed by atoms with Crippen molar-refractivity contribution in [2.75, 3.05) is 32.4 Å². The first-order valence-electron chi connectivity index (χ1n) is 8.11. The Balaban J connectivity index is 1.83. The van der Waals surface area contributed by atoms with Crippen LogP contribution < -0.4 is 5.56 Å². The van der Waals surface area contributed by atoms with Crippen molar-refractivity contribution in [3.8, 4) is 0 Å². The molecule has 1 saturated heterocycles. The van der Waals surface area contributed by atoms with Crippen LogP contribution in [0.1, 0.15) is 12.0 Å². The monoisotopic (exact) mass is 349 g/mol. The van der Waals surface area contributed by atoms with Crippen molar-refractivity contribution in [3.63, 3.8) is 0 Å². The maximum atomic E-state index is 12.6. The van der Waals surface area contributed by atoms with Gasteiger partial charge in [-0.2, -0.15) is 0 Å². The highest BCUT2D eigenvalue weighted by Gasteiger charge is 2.22. The molecule has 3 rings (SSSR count). The quantitative estimate of drug-likeness (QED) is 0.830. The summed E-state index contributed by atoms with van der Waals surface area (Å²) in [6.07, 6.45) is 2.03. The molecule has 2 aromatic rings. The highest BCUT2D eigenvalue weighted by molar-refractivity contribution is 7.88. The summed E-state index contributed by atoms with van der Waals surface area (Å²) in [6, 6.07) is 9.79. The zero-order valence-corrected chi connectivity index (χ0v) is 14.9. The zero-order chi connectivity index (χ0) is 17.3. The van der Waals surface area contributed by atoms with E-state index in [1.807, 2.05) is 30.3 Å². The Hall–Kier alpha value is -1.70. The van der Waals surface area contributed by atoms with Crippen LogP contribution in [0.5, 0.6) is 0 Å². The fourth-order valence-electron chi connectivity index (χ4n) is 3.28. The lowest BCUT2D eigenvalue weighted by atomic mass is 10.1. The SMILES string of the molecule is Cn1c(=O)c(CN2CCCN(S(C)(=O)=O)CC2)cc2ccccc21. The van der Waals surface area contributed by atoms with Gasteiger partial charge in [0.15, 0.2) is 0 Å². The van der Waals surface area contributed by atoms with Crippen molar-refractivity contribution in [1.82, 2.24) is 13.8 Å². The Bertz CT molecular complexity index is 905. The second-order valence-electron chi connectivity index (χ2n) is 6.38. The number of benzene rings is 1. The van der Waals surface area contributed by atoms with Crippen LogP contribution in [0.3, 0.4) is 0 Å². The van der Waals surface area contributed by atoms with Gasteiger partial charge in [0, 0.05) is 38.8 Å². The van der Waals surface area contributed by atoms with E-state index in [9.17, 15) is 13.2 Å². The van der Waals surface area contributed by atoms with Crippen molar-refractivity contribution < 1.29 is 8.42 Å². The third-order valence-corrected chi connectivity index (χ3v) is 5.92. The number of hydrogen-bond acceptors (Lipinski definition) is 4. The van der Waals surface area contributed by atoms with Crippen LogP contribution in [0, 0.1) is 0 Å². The summed E-state index contributed by atoms with van der Waals surface area (Å²) >= 11 is 0. The Morgan fingerprint density at radius 3 is 2.58 bits per heavy atom. The summed E-state index contributed by atoms with van der Waals surface area (Å²) in [7, 11) is -1.35. The number of hydrogen-bond donors (Lipinski definition) is 0. The molecular weight excluding hydrogens is 326 g/mol. The maximum absolute atomic E-state index is 12.6. The molecule has 1 aromatic heterocycles. The molecule has 0 atom stereocenters. The van der Waals surface area contributed by atoms with Crippen LogP contribution >= 0.6 is 0 Å². The van der Waals surface area contributed by atoms with Crippen LogP contribution in [0.15, 0.2) is 35.1 Å². The standard InChI is InChI=1S/C17H23N3O3S/c1-18-16-7-4-3-6-14(16)12-15(17(18)21)13-19-8-5-9-20(11-10-19)24(2,22)23/h3-4,6-7,12H,5,8-11,13H2,1-2H3. The minimum absolute atomic E-state index is 0.0120. The van der Waals surface area contributed by atoms with Crippen LogP contribution in [-0.4, -0.2) is 54.6 Å². The van der Waals surface area contributed by atoms with Gasteiger partial charge in [-0.1, -0.05) is 18.2 Å². The maximum Gasteiger partial charge on any atom is 0.255 e. The molecule has 2 heterocycles. The van der Waals surface area contributed by atoms with E-state index in [2.05, 4.69) is 4.90 Å². The van der Waals surface area contributed by atoms with E-state index in [1.165, 1.54) is 10.6 Å². The molecule has 130 valence electrons. The van der Waals surface area contributed by atoms with Crippen molar-refractivity contribution in [3.05, 3.63) is 46.2 Å². The number of nitrogens with zero attached hydrogens (tertiary/aromatic N) is 3. The summed E-state index contributed by atoms with van der Waals surface area (Å²) in [5, 5.41) is 1.04. The van der Waals surface area contributed by atoms with Gasteiger partial charge in [0.2, 0.25) is 10.0 Å². The predicted octanol–water partition coefficient (Wildman–Crippen LogP) is 1.01. The van der Waals surface area contributed by atoms with Crippen LogP contribution in [0.2, 0.25) is 0 Å². The molecule has 0 aliphatic carbocycles. The van der Waals surface area contributed by atoms with Crippen LogP contribution in [0.4, 0.5) is 0 Å². The largest absolute Gasteiger partial charge is 0.311 e. The average molecular weight is 349 g/mol. The second-order valence-corrected chi connectivity index (χ2v) is 8.37. The van der Waals surface area contributed by atoms with Gasteiger partial charge in [-0.05, 0) is 30.5 Å². The Morgan fingerprint density at radius 1 is 1.08 bits per heavy atom. The molecule has 1 aliphatic heterocycles. The first kappa shape index (κ1) is 17.1. The highest BCUT2D eigenvalue weighted by atomic mass is 32.2. The minimum atomic E-state index is -3.15. The molecule has 7 heteroatoms. The fraction of sp³-hybridized carbons (Fsp3) is 0.471. The van der Waals surface area contributed by atoms with Crippen molar-refractivity contribution in [2.45, 2.75) is 13.0 Å². The number of para-hydroxylation sites is 1. The zero-order valence-electron chi connectivity index (χ0n) is 14.1. The first-order valence-corrected chi connectivity index (χ1v) is 9.96. The van der Waals surface area contributed by atoms with Gasteiger partial charge in [-0.3, -0.25) is 9.69 Å². The number of pyridine rings is 1. The van der Waals surface area contributed by atoms with Gasteiger partial charge in [0.05, 0.1) is 11.8 Å². The first-order chi connectivity index (χ1) is 11.4. The lowest BCUT2D eigenvalue weighted by Crippen LogP contribution is -2.35. The summed E-state index contributed by atoms with van der Waals surface area (Å²) < 4.78 is 26.6. The molecule has 0 amide bonds. The lowest BCUT2D eigenvalue weighted by Gasteiger charge is -2.21. The van der Waals surface area contributed by atoms with Crippen molar-refractivity contribution in [2.24, 2.45) is 7.05 Å². The number of fused-ring (bicyclic) bond motifs is 1. The number of aryl methyl sites for hydroxylation is 1. The predicted molar refractivity (Wildman–Crippen MR) is 95.5 cm³/mol. The molecular formula is C17H23N3O3S. The van der Waals surface area contributed by atoms with Gasteiger partial charge in [-0.15, -0.1) is 0 Å². The average Bonchev–Trinajstić information content (AvgIpc) is 2.78. The molecule has 0 N–H and O–H groups in total. The van der Waals surface area contributed by atoms with E-state index in [-0.39, 0.29) is 5.56 Å². The molecule has 1 aromatic carbocycles. The van der Waals surface area contributed by atoms with Crippen molar-refractivity contribution >= 4 is 20.9 Å². The molecule has 6 nitrogen and oxygen atoms in total.